The van der Waals surface area contributed by atoms with E-state index in [-0.39, 0.29) is 28.9 Å². The minimum atomic E-state index is -3.60. The maximum atomic E-state index is 13.2. The van der Waals surface area contributed by atoms with Gasteiger partial charge < -0.3 is 10.2 Å². The molecule has 1 aliphatic heterocycles. The van der Waals surface area contributed by atoms with E-state index in [0.29, 0.717) is 31.7 Å². The average Bonchev–Trinajstić information content (AvgIpc) is 3.41. The number of hydrogen-bond acceptors (Lipinski definition) is 9. The van der Waals surface area contributed by atoms with Crippen LogP contribution in [0.25, 0.3) is 10.2 Å². The smallest absolute Gasteiger partial charge is 0.270 e. The van der Waals surface area contributed by atoms with Gasteiger partial charge in [0, 0.05) is 70.1 Å². The van der Waals surface area contributed by atoms with Crippen molar-refractivity contribution in [3.05, 3.63) is 58.1 Å². The minimum Gasteiger partial charge on any atom is -0.351 e. The van der Waals surface area contributed by atoms with Gasteiger partial charge in [0.1, 0.15) is 0 Å². The van der Waals surface area contributed by atoms with E-state index < -0.39 is 14.9 Å². The maximum absolute atomic E-state index is 13.2. The number of sulfonamides is 1. The number of nitrogens with zero attached hydrogens (tertiary/aromatic N) is 5. The fraction of sp³-hybridized carbons (Fsp3) is 0.500. The second kappa shape index (κ2) is 15.6. The minimum absolute atomic E-state index is 0. The SMILES string of the molecule is CCCCN(CCCC)S(=O)(=O)c1ccc(C(=O)NCCN2CCN(c3nc4ccc([N+](=O)[O-])cc4s3)CC2)cc1.Cl. The van der Waals surface area contributed by atoms with Crippen molar-refractivity contribution in [1.29, 1.82) is 0 Å². The molecule has 0 bridgehead atoms. The lowest BCUT2D eigenvalue weighted by Crippen LogP contribution is -2.48. The molecule has 3 aromatic rings. The molecular formula is C28H39ClN6O5S2. The Labute approximate surface area is 257 Å². The highest BCUT2D eigenvalue weighted by Gasteiger charge is 2.24. The van der Waals surface area contributed by atoms with E-state index >= 15 is 0 Å². The third-order valence-electron chi connectivity index (χ3n) is 7.20. The van der Waals surface area contributed by atoms with Gasteiger partial charge in [0.25, 0.3) is 11.6 Å². The Morgan fingerprint density at radius 2 is 1.69 bits per heavy atom. The Balaban J connectivity index is 0.00000484. The van der Waals surface area contributed by atoms with Gasteiger partial charge in [-0.1, -0.05) is 38.0 Å². The molecule has 1 saturated heterocycles. The first-order valence-electron chi connectivity index (χ1n) is 14.1. The van der Waals surface area contributed by atoms with E-state index in [1.807, 2.05) is 13.8 Å². The molecule has 1 N–H and O–H groups in total. The van der Waals surface area contributed by atoms with E-state index in [2.05, 4.69) is 20.1 Å². The molecule has 2 aromatic carbocycles. The highest BCUT2D eigenvalue weighted by atomic mass is 35.5. The number of non-ortho nitro benzene ring substituents is 1. The Hall–Kier alpha value is -2.84. The summed E-state index contributed by atoms with van der Waals surface area (Å²) in [7, 11) is -3.60. The number of anilines is 1. The van der Waals surface area contributed by atoms with Gasteiger partial charge in [-0.2, -0.15) is 4.31 Å². The number of piperazine rings is 1. The van der Waals surface area contributed by atoms with Gasteiger partial charge in [0.05, 0.1) is 20.0 Å². The van der Waals surface area contributed by atoms with Gasteiger partial charge >= 0.3 is 0 Å². The van der Waals surface area contributed by atoms with E-state index in [4.69, 9.17) is 0 Å². The second-order valence-corrected chi connectivity index (χ2v) is 13.1. The molecule has 0 unspecified atom stereocenters. The summed E-state index contributed by atoms with van der Waals surface area (Å²) in [5.74, 6) is -0.232. The zero-order chi connectivity index (χ0) is 29.4. The molecule has 0 radical (unpaired) electrons. The van der Waals surface area contributed by atoms with Crippen LogP contribution in [0.2, 0.25) is 0 Å². The lowest BCUT2D eigenvalue weighted by molar-refractivity contribution is -0.384. The molecule has 1 aliphatic rings. The van der Waals surface area contributed by atoms with Crippen LogP contribution in [0, 0.1) is 10.1 Å². The van der Waals surface area contributed by atoms with Crippen LogP contribution < -0.4 is 10.2 Å². The number of nitro groups is 1. The van der Waals surface area contributed by atoms with Crippen molar-refractivity contribution in [2.24, 2.45) is 0 Å². The molecule has 0 atom stereocenters. The van der Waals surface area contributed by atoms with Crippen molar-refractivity contribution >= 4 is 60.7 Å². The molecule has 1 aromatic heterocycles. The Bertz CT molecular complexity index is 1430. The van der Waals surface area contributed by atoms with Crippen molar-refractivity contribution < 1.29 is 18.1 Å². The number of amides is 1. The van der Waals surface area contributed by atoms with Crippen LogP contribution in [0.5, 0.6) is 0 Å². The van der Waals surface area contributed by atoms with E-state index in [9.17, 15) is 23.3 Å². The molecule has 42 heavy (non-hydrogen) atoms. The standard InChI is InChI=1S/C28H38N6O5S2.ClH/c1-3-5-14-33(15-6-4-2)41(38,39)24-10-7-22(8-11-24)27(35)29-13-16-31-17-19-32(20-18-31)28-30-25-12-9-23(34(36)37)21-26(25)40-28;/h7-12,21H,3-6,13-20H2,1-2H3,(H,29,35);1H. The number of halogens is 1. The fourth-order valence-electron chi connectivity index (χ4n) is 4.69. The molecule has 1 amide bonds. The summed E-state index contributed by atoms with van der Waals surface area (Å²) in [5, 5.41) is 14.8. The summed E-state index contributed by atoms with van der Waals surface area (Å²) in [5.41, 5.74) is 1.26. The molecule has 4 rings (SSSR count). The number of nitro benzene ring substituents is 1. The Morgan fingerprint density at radius 1 is 1.05 bits per heavy atom. The predicted molar refractivity (Wildman–Crippen MR) is 170 cm³/mol. The lowest BCUT2D eigenvalue weighted by Gasteiger charge is -2.34. The topological polar surface area (TPSA) is 129 Å². The molecular weight excluding hydrogens is 600 g/mol. The molecule has 2 heterocycles. The van der Waals surface area contributed by atoms with Gasteiger partial charge in [-0.15, -0.1) is 12.4 Å². The van der Waals surface area contributed by atoms with Crippen molar-refractivity contribution in [3.8, 4) is 0 Å². The number of nitrogens with one attached hydrogen (secondary N) is 1. The number of aromatic nitrogens is 1. The summed E-state index contributed by atoms with van der Waals surface area (Å²) in [6.07, 6.45) is 3.47. The fourth-order valence-corrected chi connectivity index (χ4v) is 7.26. The molecule has 0 saturated carbocycles. The first-order valence-corrected chi connectivity index (χ1v) is 16.4. The maximum Gasteiger partial charge on any atom is 0.270 e. The van der Waals surface area contributed by atoms with Crippen LogP contribution >= 0.6 is 23.7 Å². The number of carbonyl (C=O) groups excluding carboxylic acids is 1. The van der Waals surface area contributed by atoms with Crippen molar-refractivity contribution in [3.63, 3.8) is 0 Å². The normalized spacial score (nSPS) is 14.2. The number of carbonyl (C=O) groups is 1. The Kier molecular flexibility index (Phi) is 12.5. The zero-order valence-electron chi connectivity index (χ0n) is 24.0. The zero-order valence-corrected chi connectivity index (χ0v) is 26.5. The highest BCUT2D eigenvalue weighted by Crippen LogP contribution is 2.31. The second-order valence-electron chi connectivity index (χ2n) is 10.1. The number of thiazole rings is 1. The van der Waals surface area contributed by atoms with Crippen molar-refractivity contribution in [2.45, 2.75) is 44.4 Å². The summed E-state index contributed by atoms with van der Waals surface area (Å²) in [4.78, 5) is 32.7. The number of hydrogen-bond donors (Lipinski definition) is 1. The van der Waals surface area contributed by atoms with Gasteiger partial charge in [-0.25, -0.2) is 13.4 Å². The van der Waals surface area contributed by atoms with Gasteiger partial charge in [-0.05, 0) is 43.2 Å². The predicted octanol–water partition coefficient (Wildman–Crippen LogP) is 4.77. The van der Waals surface area contributed by atoms with E-state index in [1.165, 1.54) is 29.5 Å². The van der Waals surface area contributed by atoms with Crippen molar-refractivity contribution in [1.82, 2.24) is 19.5 Å². The summed E-state index contributed by atoms with van der Waals surface area (Å²) < 4.78 is 28.7. The molecule has 1 fully saturated rings. The molecule has 230 valence electrons. The highest BCUT2D eigenvalue weighted by molar-refractivity contribution is 7.89. The first kappa shape index (κ1) is 33.7. The van der Waals surface area contributed by atoms with Crippen LogP contribution in [0.4, 0.5) is 10.8 Å². The van der Waals surface area contributed by atoms with Crippen LogP contribution in [0.1, 0.15) is 49.9 Å². The number of fused-ring (bicyclic) bond motifs is 1. The van der Waals surface area contributed by atoms with E-state index in [1.54, 1.807) is 28.6 Å². The molecule has 0 spiro atoms. The van der Waals surface area contributed by atoms with Gasteiger partial charge in [0.15, 0.2) is 5.13 Å². The molecule has 0 aliphatic carbocycles. The first-order chi connectivity index (χ1) is 19.7. The summed E-state index contributed by atoms with van der Waals surface area (Å²) in [6.45, 7) is 9.44. The van der Waals surface area contributed by atoms with Crippen LogP contribution in [-0.2, 0) is 10.0 Å². The lowest BCUT2D eigenvalue weighted by atomic mass is 10.2. The number of rotatable bonds is 14. The molecule has 14 heteroatoms. The third-order valence-corrected chi connectivity index (χ3v) is 10.2. The summed E-state index contributed by atoms with van der Waals surface area (Å²) >= 11 is 1.46. The largest absolute Gasteiger partial charge is 0.351 e. The quantitative estimate of drug-likeness (QED) is 0.198. The molecule has 11 nitrogen and oxygen atoms in total. The van der Waals surface area contributed by atoms with Crippen LogP contribution in [-0.4, -0.2) is 85.8 Å². The van der Waals surface area contributed by atoms with Crippen LogP contribution in [0.15, 0.2) is 47.4 Å². The third kappa shape index (κ3) is 8.38. The number of unbranched alkanes of at least 4 members (excludes halogenated alkanes) is 2. The monoisotopic (exact) mass is 638 g/mol. The van der Waals surface area contributed by atoms with Gasteiger partial charge in [0.2, 0.25) is 10.0 Å². The van der Waals surface area contributed by atoms with Crippen LogP contribution in [0.3, 0.4) is 0 Å². The number of benzene rings is 2. The van der Waals surface area contributed by atoms with Crippen molar-refractivity contribution in [2.75, 3.05) is 57.3 Å². The Morgan fingerprint density at radius 3 is 2.29 bits per heavy atom. The van der Waals surface area contributed by atoms with Gasteiger partial charge in [-0.3, -0.25) is 19.8 Å². The summed E-state index contributed by atoms with van der Waals surface area (Å²) in [6, 6.07) is 10.9. The van der Waals surface area contributed by atoms with E-state index in [0.717, 1.165) is 67.2 Å². The average molecular weight is 639 g/mol.